The average Bonchev–Trinajstić information content (AvgIpc) is 2.93. The first kappa shape index (κ1) is 12.9. The van der Waals surface area contributed by atoms with Crippen LogP contribution in [0.25, 0.3) is 11.3 Å². The van der Waals surface area contributed by atoms with Crippen molar-refractivity contribution in [2.24, 2.45) is 5.92 Å². The molecule has 20 heavy (non-hydrogen) atoms. The molecule has 2 aromatic rings. The molecule has 0 radical (unpaired) electrons. The van der Waals surface area contributed by atoms with Crippen LogP contribution in [0.1, 0.15) is 36.7 Å². The van der Waals surface area contributed by atoms with Gasteiger partial charge in [-0.1, -0.05) is 48.8 Å². The molecule has 1 amide bonds. The second-order valence-electron chi connectivity index (χ2n) is 5.36. The summed E-state index contributed by atoms with van der Waals surface area (Å²) in [6.07, 6.45) is 3.34. The molecule has 0 unspecified atom stereocenters. The number of hydrogen-bond donors (Lipinski definition) is 1. The highest BCUT2D eigenvalue weighted by Crippen LogP contribution is 2.30. The lowest BCUT2D eigenvalue weighted by Crippen LogP contribution is -2.44. The lowest BCUT2D eigenvalue weighted by atomic mass is 9.78. The van der Waals surface area contributed by atoms with E-state index in [4.69, 9.17) is 4.52 Å². The van der Waals surface area contributed by atoms with E-state index in [9.17, 15) is 4.79 Å². The summed E-state index contributed by atoms with van der Waals surface area (Å²) in [4.78, 5) is 12.1. The van der Waals surface area contributed by atoms with E-state index < -0.39 is 0 Å². The fraction of sp³-hybridized carbons (Fsp3) is 0.375. The van der Waals surface area contributed by atoms with Gasteiger partial charge in [-0.25, -0.2) is 0 Å². The molecule has 1 saturated carbocycles. The minimum Gasteiger partial charge on any atom is -0.355 e. The van der Waals surface area contributed by atoms with E-state index in [1.54, 1.807) is 6.07 Å². The van der Waals surface area contributed by atoms with Crippen LogP contribution in [0, 0.1) is 5.92 Å². The lowest BCUT2D eigenvalue weighted by Gasteiger charge is -2.34. The summed E-state index contributed by atoms with van der Waals surface area (Å²) < 4.78 is 5.24. The van der Waals surface area contributed by atoms with Gasteiger partial charge in [0.15, 0.2) is 11.5 Å². The highest BCUT2D eigenvalue weighted by molar-refractivity contribution is 5.93. The van der Waals surface area contributed by atoms with Crippen molar-refractivity contribution in [2.75, 3.05) is 0 Å². The molecule has 0 saturated heterocycles. The predicted molar refractivity (Wildman–Crippen MR) is 76.2 cm³/mol. The summed E-state index contributed by atoms with van der Waals surface area (Å²) in [6.45, 7) is 2.19. The van der Waals surface area contributed by atoms with Crippen molar-refractivity contribution in [1.82, 2.24) is 10.5 Å². The molecule has 1 fully saturated rings. The maximum atomic E-state index is 12.1. The van der Waals surface area contributed by atoms with Gasteiger partial charge in [0.05, 0.1) is 0 Å². The van der Waals surface area contributed by atoms with Gasteiger partial charge in [0.2, 0.25) is 0 Å². The molecular weight excluding hydrogens is 252 g/mol. The van der Waals surface area contributed by atoms with Gasteiger partial charge in [-0.3, -0.25) is 4.79 Å². The Bertz CT molecular complexity index is 586. The number of nitrogens with zero attached hydrogens (tertiary/aromatic N) is 1. The van der Waals surface area contributed by atoms with E-state index in [2.05, 4.69) is 17.4 Å². The smallest absolute Gasteiger partial charge is 0.273 e. The molecule has 1 N–H and O–H groups in total. The molecule has 0 bridgehead atoms. The lowest BCUT2D eigenvalue weighted by molar-refractivity contribution is 0.0879. The first-order chi connectivity index (χ1) is 9.76. The molecule has 0 spiro atoms. The quantitative estimate of drug-likeness (QED) is 0.927. The SMILES string of the molecule is CC[C@H]1C[C@@H](NC(=O)c2cc(-c3ccccc3)on2)C1. The van der Waals surface area contributed by atoms with Crippen LogP contribution in [-0.2, 0) is 0 Å². The van der Waals surface area contributed by atoms with Crippen LogP contribution < -0.4 is 5.32 Å². The minimum atomic E-state index is -0.143. The zero-order valence-corrected chi connectivity index (χ0v) is 11.5. The number of aromatic nitrogens is 1. The van der Waals surface area contributed by atoms with Crippen molar-refractivity contribution in [1.29, 1.82) is 0 Å². The number of rotatable bonds is 4. The number of carbonyl (C=O) groups is 1. The van der Waals surface area contributed by atoms with Crippen LogP contribution in [0.4, 0.5) is 0 Å². The van der Waals surface area contributed by atoms with E-state index in [1.807, 2.05) is 30.3 Å². The number of benzene rings is 1. The first-order valence-corrected chi connectivity index (χ1v) is 7.09. The zero-order valence-electron chi connectivity index (χ0n) is 11.5. The van der Waals surface area contributed by atoms with E-state index >= 15 is 0 Å². The first-order valence-electron chi connectivity index (χ1n) is 7.09. The van der Waals surface area contributed by atoms with Crippen LogP contribution >= 0.6 is 0 Å². The maximum absolute atomic E-state index is 12.1. The number of nitrogens with one attached hydrogen (secondary N) is 1. The van der Waals surface area contributed by atoms with Gasteiger partial charge in [-0.15, -0.1) is 0 Å². The molecule has 1 aromatic carbocycles. The third kappa shape index (κ3) is 2.59. The summed E-state index contributed by atoms with van der Waals surface area (Å²) in [5, 5.41) is 6.86. The average molecular weight is 270 g/mol. The Morgan fingerprint density at radius 2 is 2.10 bits per heavy atom. The van der Waals surface area contributed by atoms with Crippen molar-refractivity contribution in [3.8, 4) is 11.3 Å². The minimum absolute atomic E-state index is 0.143. The molecular formula is C16H18N2O2. The molecule has 1 aliphatic rings. The number of carbonyl (C=O) groups excluding carboxylic acids is 1. The maximum Gasteiger partial charge on any atom is 0.273 e. The second kappa shape index (κ2) is 5.49. The van der Waals surface area contributed by atoms with Gasteiger partial charge in [-0.05, 0) is 18.8 Å². The Hall–Kier alpha value is -2.10. The van der Waals surface area contributed by atoms with Gasteiger partial charge in [0.25, 0.3) is 5.91 Å². The summed E-state index contributed by atoms with van der Waals surface area (Å²) in [5.74, 6) is 1.24. The fourth-order valence-electron chi connectivity index (χ4n) is 2.57. The third-order valence-electron chi connectivity index (χ3n) is 3.95. The molecule has 3 rings (SSSR count). The normalized spacial score (nSPS) is 21.2. The summed E-state index contributed by atoms with van der Waals surface area (Å²) >= 11 is 0. The number of hydrogen-bond acceptors (Lipinski definition) is 3. The standard InChI is InChI=1S/C16H18N2O2/c1-2-11-8-13(9-11)17-16(19)14-10-15(20-18-14)12-6-4-3-5-7-12/h3-7,10-11,13H,2,8-9H2,1H3,(H,17,19)/t11-,13+. The van der Waals surface area contributed by atoms with Crippen molar-refractivity contribution in [3.05, 3.63) is 42.1 Å². The highest BCUT2D eigenvalue weighted by Gasteiger charge is 2.29. The van der Waals surface area contributed by atoms with Crippen molar-refractivity contribution >= 4 is 5.91 Å². The molecule has 1 heterocycles. The molecule has 4 nitrogen and oxygen atoms in total. The topological polar surface area (TPSA) is 55.1 Å². The second-order valence-corrected chi connectivity index (χ2v) is 5.36. The van der Waals surface area contributed by atoms with E-state index in [-0.39, 0.29) is 5.91 Å². The van der Waals surface area contributed by atoms with Gasteiger partial charge in [0, 0.05) is 17.7 Å². The van der Waals surface area contributed by atoms with E-state index in [0.29, 0.717) is 17.5 Å². The van der Waals surface area contributed by atoms with Crippen LogP contribution in [0.2, 0.25) is 0 Å². The summed E-state index contributed by atoms with van der Waals surface area (Å²) in [6, 6.07) is 11.6. The summed E-state index contributed by atoms with van der Waals surface area (Å²) in [5.41, 5.74) is 1.28. The Kier molecular flexibility index (Phi) is 3.54. The summed E-state index contributed by atoms with van der Waals surface area (Å²) in [7, 11) is 0. The highest BCUT2D eigenvalue weighted by atomic mass is 16.5. The fourth-order valence-corrected chi connectivity index (χ4v) is 2.57. The van der Waals surface area contributed by atoms with Gasteiger partial charge in [0.1, 0.15) is 0 Å². The molecule has 104 valence electrons. The Morgan fingerprint density at radius 3 is 2.80 bits per heavy atom. The Labute approximate surface area is 118 Å². The number of amides is 1. The van der Waals surface area contributed by atoms with Crippen molar-refractivity contribution in [3.63, 3.8) is 0 Å². The largest absolute Gasteiger partial charge is 0.355 e. The van der Waals surface area contributed by atoms with E-state index in [0.717, 1.165) is 24.3 Å². The van der Waals surface area contributed by atoms with Crippen LogP contribution in [0.5, 0.6) is 0 Å². The monoisotopic (exact) mass is 270 g/mol. The third-order valence-corrected chi connectivity index (χ3v) is 3.95. The molecule has 4 heteroatoms. The zero-order chi connectivity index (χ0) is 13.9. The van der Waals surface area contributed by atoms with Gasteiger partial charge in [-0.2, -0.15) is 0 Å². The van der Waals surface area contributed by atoms with E-state index in [1.165, 1.54) is 6.42 Å². The molecule has 0 atom stereocenters. The van der Waals surface area contributed by atoms with Gasteiger partial charge < -0.3 is 9.84 Å². The molecule has 1 aromatic heterocycles. The van der Waals surface area contributed by atoms with Crippen molar-refractivity contribution in [2.45, 2.75) is 32.2 Å². The Balaban J connectivity index is 1.64. The molecule has 1 aliphatic carbocycles. The van der Waals surface area contributed by atoms with Crippen LogP contribution in [-0.4, -0.2) is 17.1 Å². The molecule has 0 aliphatic heterocycles. The van der Waals surface area contributed by atoms with Crippen LogP contribution in [0.3, 0.4) is 0 Å². The van der Waals surface area contributed by atoms with Crippen molar-refractivity contribution < 1.29 is 9.32 Å². The van der Waals surface area contributed by atoms with Gasteiger partial charge >= 0.3 is 0 Å². The predicted octanol–water partition coefficient (Wildman–Crippen LogP) is 3.26. The van der Waals surface area contributed by atoms with Crippen LogP contribution in [0.15, 0.2) is 40.9 Å². The Morgan fingerprint density at radius 1 is 1.35 bits per heavy atom.